The number of rotatable bonds is 12. The minimum Gasteiger partial charge on any atom is -0.396 e. The fourth-order valence-corrected chi connectivity index (χ4v) is 8.51. The lowest BCUT2D eigenvalue weighted by atomic mass is 10.1. The zero-order valence-electron chi connectivity index (χ0n) is 23.2. The number of nitrogens with zero attached hydrogens (tertiary/aromatic N) is 2. The van der Waals surface area contributed by atoms with Gasteiger partial charge in [-0.3, -0.25) is 37.7 Å². The van der Waals surface area contributed by atoms with E-state index >= 15 is 0 Å². The van der Waals surface area contributed by atoms with Crippen LogP contribution in [0, 0.1) is 19.8 Å². The van der Waals surface area contributed by atoms with Crippen LogP contribution in [0.25, 0.3) is 0 Å². The lowest BCUT2D eigenvalue weighted by molar-refractivity contribution is -0.0452. The van der Waals surface area contributed by atoms with E-state index < -0.39 is 109 Å². The largest absolute Gasteiger partial charge is 0.490 e. The maximum atomic E-state index is 12.6. The van der Waals surface area contributed by atoms with E-state index in [-0.39, 0.29) is 11.1 Å². The lowest BCUT2D eigenvalue weighted by Crippen LogP contribution is -2.37. The first-order valence-corrected chi connectivity index (χ1v) is 17.2. The van der Waals surface area contributed by atoms with Crippen molar-refractivity contribution in [2.24, 2.45) is 5.92 Å². The first kappa shape index (κ1) is 35.5. The van der Waals surface area contributed by atoms with E-state index in [1.54, 1.807) is 0 Å². The van der Waals surface area contributed by atoms with Gasteiger partial charge in [-0.1, -0.05) is 0 Å². The second kappa shape index (κ2) is 13.4. The van der Waals surface area contributed by atoms with E-state index in [0.717, 1.165) is 21.5 Å². The highest BCUT2D eigenvalue weighted by Crippen LogP contribution is 2.68. The van der Waals surface area contributed by atoms with Crippen molar-refractivity contribution in [1.29, 1.82) is 0 Å². The van der Waals surface area contributed by atoms with Gasteiger partial charge < -0.3 is 34.4 Å². The normalized spacial score (nSPS) is 29.2. The summed E-state index contributed by atoms with van der Waals surface area (Å²) in [5.41, 5.74) is -3.01. The number of aliphatic hydroxyl groups is 2. The van der Waals surface area contributed by atoms with Crippen LogP contribution in [-0.4, -0.2) is 82.1 Å². The molecule has 0 aliphatic carbocycles. The molecule has 2 aliphatic rings. The molecule has 2 saturated heterocycles. The average Bonchev–Trinajstić information content (AvgIpc) is 3.49. The molecule has 22 nitrogen and oxygen atoms in total. The van der Waals surface area contributed by atoms with Crippen molar-refractivity contribution >= 4 is 23.5 Å². The Balaban J connectivity index is 1.42. The molecule has 45 heavy (non-hydrogen) atoms. The number of aromatic amines is 2. The maximum Gasteiger partial charge on any atom is 0.490 e. The Morgan fingerprint density at radius 3 is 1.87 bits per heavy atom. The Hall–Kier alpha value is -2.39. The van der Waals surface area contributed by atoms with E-state index in [1.807, 2.05) is 9.97 Å². The highest BCUT2D eigenvalue weighted by Gasteiger charge is 2.49. The molecule has 2 aromatic heterocycles. The van der Waals surface area contributed by atoms with Gasteiger partial charge in [-0.15, -0.1) is 0 Å². The van der Waals surface area contributed by atoms with Gasteiger partial charge in [0.25, 0.3) is 11.1 Å². The first-order valence-electron chi connectivity index (χ1n) is 12.8. The molecule has 9 atom stereocenters. The van der Waals surface area contributed by atoms with Gasteiger partial charge in [0.15, 0.2) is 0 Å². The number of ether oxygens (including phenoxy) is 2. The maximum absolute atomic E-state index is 12.6. The minimum atomic E-state index is -5.96. The predicted octanol–water partition coefficient (Wildman–Crippen LogP) is -1.77. The molecule has 0 aromatic carbocycles. The highest BCUT2D eigenvalue weighted by molar-refractivity contribution is 7.66. The van der Waals surface area contributed by atoms with Crippen LogP contribution in [0.2, 0.25) is 0 Å². The molecule has 0 saturated carbocycles. The van der Waals surface area contributed by atoms with Crippen molar-refractivity contribution < 1.29 is 65.7 Å². The predicted molar refractivity (Wildman–Crippen MR) is 145 cm³/mol. The van der Waals surface area contributed by atoms with Gasteiger partial charge in [-0.25, -0.2) is 23.3 Å². The Labute approximate surface area is 250 Å². The molecule has 2 fully saturated rings. The Bertz CT molecular complexity index is 1770. The molecule has 0 spiro atoms. The topological polar surface area (TPSA) is 317 Å². The fourth-order valence-electron chi connectivity index (χ4n) is 4.60. The number of aromatic nitrogens is 4. The van der Waals surface area contributed by atoms with Crippen LogP contribution in [0.3, 0.4) is 0 Å². The van der Waals surface area contributed by atoms with Gasteiger partial charge in [0.05, 0.1) is 25.7 Å². The zero-order chi connectivity index (χ0) is 33.5. The molecule has 2 aromatic rings. The van der Waals surface area contributed by atoms with Crippen molar-refractivity contribution in [3.05, 3.63) is 65.2 Å². The number of phosphoric acid groups is 3. The lowest BCUT2D eigenvalue weighted by Gasteiger charge is -2.25. The Kier molecular flexibility index (Phi) is 10.5. The van der Waals surface area contributed by atoms with Gasteiger partial charge in [-0.2, -0.15) is 8.62 Å². The summed E-state index contributed by atoms with van der Waals surface area (Å²) in [6.07, 6.45) is -5.20. The standard InChI is InChI=1S/C20H29N4O18P3/c1-9-4-23(19(29)21-16(9)27)15-3-12(13(7-26)38-15)39-43(31,32)41-45(35,36)42-44(33,34)40-14-8-37-18(11(14)6-25)24-5-10(2)17(28)22-20(24)30/h4-5,11-15,18,25-26H,3,6-8H2,1-2H3,(H,31,32)(H,33,34)(H,35,36)(H,21,27,29)(H,22,28,30). The van der Waals surface area contributed by atoms with Gasteiger partial charge in [0.1, 0.15) is 30.8 Å². The number of H-pyrrole nitrogens is 2. The molecule has 0 amide bonds. The third-order valence-electron chi connectivity index (χ3n) is 6.67. The van der Waals surface area contributed by atoms with E-state index in [9.17, 15) is 57.8 Å². The van der Waals surface area contributed by atoms with Crippen molar-refractivity contribution in [3.63, 3.8) is 0 Å². The van der Waals surface area contributed by atoms with Crippen LogP contribution in [0.15, 0.2) is 31.6 Å². The number of aryl methyl sites for hydroxylation is 2. The van der Waals surface area contributed by atoms with Gasteiger partial charge in [0, 0.05) is 29.9 Å². The zero-order valence-corrected chi connectivity index (χ0v) is 25.9. The number of hydrogen-bond donors (Lipinski definition) is 7. The summed E-state index contributed by atoms with van der Waals surface area (Å²) in [6.45, 7) is 0.562. The molecule has 4 rings (SSSR count). The van der Waals surface area contributed by atoms with Crippen LogP contribution in [0.5, 0.6) is 0 Å². The first-order chi connectivity index (χ1) is 20.8. The number of hydrogen-bond acceptors (Lipinski definition) is 15. The SMILES string of the molecule is Cc1cn(C2CC(OP(=O)(O)OP(=O)(O)OP(=O)(O)OC3COC(n4cc(C)c(=O)[nH]c4=O)C3CO)C(CO)O2)c(=O)[nH]c1=O. The van der Waals surface area contributed by atoms with E-state index in [1.165, 1.54) is 13.8 Å². The highest BCUT2D eigenvalue weighted by atomic mass is 31.3. The molecule has 4 heterocycles. The van der Waals surface area contributed by atoms with E-state index in [2.05, 4.69) is 8.62 Å². The summed E-state index contributed by atoms with van der Waals surface area (Å²) in [5, 5.41) is 19.5. The Morgan fingerprint density at radius 1 is 0.822 bits per heavy atom. The van der Waals surface area contributed by atoms with Crippen molar-refractivity contribution in [2.75, 3.05) is 19.8 Å². The minimum absolute atomic E-state index is 0.0925. The van der Waals surface area contributed by atoms with Crippen molar-refractivity contribution in [3.8, 4) is 0 Å². The quantitative estimate of drug-likeness (QED) is 0.120. The van der Waals surface area contributed by atoms with Crippen molar-refractivity contribution in [1.82, 2.24) is 19.1 Å². The summed E-state index contributed by atoms with van der Waals surface area (Å²) in [7, 11) is -17.3. The third-order valence-corrected chi connectivity index (χ3v) is 11.0. The molecular weight excluding hydrogens is 677 g/mol. The third kappa shape index (κ3) is 8.31. The second-order valence-corrected chi connectivity index (χ2v) is 14.5. The van der Waals surface area contributed by atoms with Crippen molar-refractivity contribution in [2.45, 2.75) is 51.0 Å². The van der Waals surface area contributed by atoms with Crippen LogP contribution in [0.1, 0.15) is 30.0 Å². The average molecular weight is 706 g/mol. The summed E-state index contributed by atoms with van der Waals surface area (Å²) >= 11 is 0. The molecule has 252 valence electrons. The molecule has 0 radical (unpaired) electrons. The van der Waals surface area contributed by atoms with E-state index in [0.29, 0.717) is 0 Å². The summed E-state index contributed by atoms with van der Waals surface area (Å²) in [6, 6.07) is 0. The molecule has 7 N–H and O–H groups in total. The number of aliphatic hydroxyl groups excluding tert-OH is 2. The van der Waals surface area contributed by atoms with Crippen LogP contribution >= 0.6 is 23.5 Å². The number of phosphoric ester groups is 2. The second-order valence-electron chi connectivity index (χ2n) is 9.93. The molecular formula is C20H29N4O18P3. The van der Waals surface area contributed by atoms with Gasteiger partial charge in [-0.05, 0) is 13.8 Å². The summed E-state index contributed by atoms with van der Waals surface area (Å²) < 4.78 is 68.2. The summed E-state index contributed by atoms with van der Waals surface area (Å²) in [5.74, 6) is -1.26. The van der Waals surface area contributed by atoms with Crippen LogP contribution in [-0.2, 0) is 40.8 Å². The van der Waals surface area contributed by atoms with Gasteiger partial charge in [0.2, 0.25) is 0 Å². The molecule has 0 bridgehead atoms. The van der Waals surface area contributed by atoms with Gasteiger partial charge >= 0.3 is 34.8 Å². The summed E-state index contributed by atoms with van der Waals surface area (Å²) in [4.78, 5) is 82.0. The van der Waals surface area contributed by atoms with Crippen LogP contribution < -0.4 is 22.5 Å². The molecule has 9 unspecified atom stereocenters. The number of nitrogens with one attached hydrogen (secondary N) is 2. The smallest absolute Gasteiger partial charge is 0.396 e. The van der Waals surface area contributed by atoms with E-state index in [4.69, 9.17) is 18.5 Å². The Morgan fingerprint density at radius 2 is 1.33 bits per heavy atom. The molecule has 2 aliphatic heterocycles. The monoisotopic (exact) mass is 706 g/mol. The fraction of sp³-hybridized carbons (Fsp3) is 0.600. The van der Waals surface area contributed by atoms with Crippen LogP contribution in [0.4, 0.5) is 0 Å². The molecule has 25 heteroatoms.